The lowest BCUT2D eigenvalue weighted by atomic mass is 9.99. The molecule has 6 nitrogen and oxygen atoms in total. The summed E-state index contributed by atoms with van der Waals surface area (Å²) in [5.41, 5.74) is 4.95. The lowest BCUT2D eigenvalue weighted by Gasteiger charge is -2.19. The summed E-state index contributed by atoms with van der Waals surface area (Å²) in [5, 5.41) is 0. The van der Waals surface area contributed by atoms with E-state index in [-0.39, 0.29) is 25.4 Å². The van der Waals surface area contributed by atoms with Crippen LogP contribution in [0.1, 0.15) is 35.8 Å². The Bertz CT molecular complexity index is 1340. The van der Waals surface area contributed by atoms with Crippen LogP contribution in [0.3, 0.4) is 0 Å². The van der Waals surface area contributed by atoms with Gasteiger partial charge in [-0.3, -0.25) is 0 Å². The fourth-order valence-corrected chi connectivity index (χ4v) is 4.46. The molecule has 0 aliphatic carbocycles. The SMILES string of the molecule is CCOC(=O)c1c(-c2ccc3c(c2)OCO3)cn([C@@H](C)c2ccccc2)c1-c1ccc(OC)cc1. The maximum absolute atomic E-state index is 13.4. The second kappa shape index (κ2) is 9.58. The molecule has 0 amide bonds. The highest BCUT2D eigenvalue weighted by Gasteiger charge is 2.28. The molecule has 0 saturated heterocycles. The van der Waals surface area contributed by atoms with Crippen LogP contribution >= 0.6 is 0 Å². The van der Waals surface area contributed by atoms with Crippen molar-refractivity contribution in [3.05, 3.63) is 90.1 Å². The number of aromatic nitrogens is 1. The van der Waals surface area contributed by atoms with Crippen LogP contribution in [-0.4, -0.2) is 31.0 Å². The molecule has 1 aliphatic rings. The first kappa shape index (κ1) is 22.6. The van der Waals surface area contributed by atoms with Crippen molar-refractivity contribution in [2.24, 2.45) is 0 Å². The summed E-state index contributed by atoms with van der Waals surface area (Å²) < 4.78 is 24.2. The van der Waals surface area contributed by atoms with Gasteiger partial charge in [0.05, 0.1) is 31.0 Å². The highest BCUT2D eigenvalue weighted by atomic mass is 16.7. The second-order valence-corrected chi connectivity index (χ2v) is 8.28. The third-order valence-electron chi connectivity index (χ3n) is 6.26. The van der Waals surface area contributed by atoms with Gasteiger partial charge >= 0.3 is 5.97 Å². The summed E-state index contributed by atoms with van der Waals surface area (Å²) in [4.78, 5) is 13.4. The van der Waals surface area contributed by atoms with Crippen LogP contribution in [-0.2, 0) is 4.74 Å². The Morgan fingerprint density at radius 2 is 1.69 bits per heavy atom. The van der Waals surface area contributed by atoms with Crippen LogP contribution in [0.4, 0.5) is 0 Å². The molecule has 0 spiro atoms. The number of fused-ring (bicyclic) bond motifs is 1. The van der Waals surface area contributed by atoms with Crippen LogP contribution in [0.5, 0.6) is 17.2 Å². The standard InChI is InChI=1S/C29H27NO5/c1-4-33-29(31)27-24(22-12-15-25-26(16-22)35-18-34-25)17-30(19(2)20-8-6-5-7-9-20)28(27)21-10-13-23(32-3)14-11-21/h5-17,19H,4,18H2,1-3H3/t19-/m0/s1. The zero-order valence-corrected chi connectivity index (χ0v) is 20.0. The largest absolute Gasteiger partial charge is 0.497 e. The number of rotatable bonds is 7. The first-order chi connectivity index (χ1) is 17.1. The van der Waals surface area contributed by atoms with Crippen LogP contribution in [0.15, 0.2) is 79.0 Å². The molecule has 3 aromatic carbocycles. The molecule has 35 heavy (non-hydrogen) atoms. The second-order valence-electron chi connectivity index (χ2n) is 8.28. The summed E-state index contributed by atoms with van der Waals surface area (Å²) in [5.74, 6) is 1.73. The minimum Gasteiger partial charge on any atom is -0.497 e. The van der Waals surface area contributed by atoms with Gasteiger partial charge in [-0.2, -0.15) is 0 Å². The van der Waals surface area contributed by atoms with E-state index in [0.717, 1.165) is 33.7 Å². The van der Waals surface area contributed by atoms with Crippen LogP contribution < -0.4 is 14.2 Å². The highest BCUT2D eigenvalue weighted by molar-refractivity contribution is 6.04. The summed E-state index contributed by atoms with van der Waals surface area (Å²) in [6.07, 6.45) is 2.03. The summed E-state index contributed by atoms with van der Waals surface area (Å²) >= 11 is 0. The predicted octanol–water partition coefficient (Wildman–Crippen LogP) is 6.35. The normalized spacial score (nSPS) is 12.9. The lowest BCUT2D eigenvalue weighted by molar-refractivity contribution is 0.0528. The van der Waals surface area contributed by atoms with Crippen LogP contribution in [0.25, 0.3) is 22.4 Å². The molecule has 0 N–H and O–H groups in total. The van der Waals surface area contributed by atoms with E-state index < -0.39 is 0 Å². The van der Waals surface area contributed by atoms with Gasteiger partial charge in [0, 0.05) is 11.8 Å². The molecular weight excluding hydrogens is 442 g/mol. The van der Waals surface area contributed by atoms with Gasteiger partial charge < -0.3 is 23.5 Å². The molecule has 0 saturated carbocycles. The highest BCUT2D eigenvalue weighted by Crippen LogP contribution is 2.42. The van der Waals surface area contributed by atoms with E-state index >= 15 is 0 Å². The van der Waals surface area contributed by atoms with Gasteiger partial charge in [-0.25, -0.2) is 4.79 Å². The Labute approximate surface area is 204 Å². The van der Waals surface area contributed by atoms with Gasteiger partial charge in [0.1, 0.15) is 5.75 Å². The fourth-order valence-electron chi connectivity index (χ4n) is 4.46. The maximum Gasteiger partial charge on any atom is 0.340 e. The monoisotopic (exact) mass is 469 g/mol. The first-order valence-corrected chi connectivity index (χ1v) is 11.6. The Morgan fingerprint density at radius 1 is 0.971 bits per heavy atom. The predicted molar refractivity (Wildman–Crippen MR) is 134 cm³/mol. The first-order valence-electron chi connectivity index (χ1n) is 11.6. The molecule has 0 radical (unpaired) electrons. The molecule has 1 atom stereocenters. The topological polar surface area (TPSA) is 58.9 Å². The van der Waals surface area contributed by atoms with E-state index in [4.69, 9.17) is 18.9 Å². The van der Waals surface area contributed by atoms with Crippen LogP contribution in [0.2, 0.25) is 0 Å². The molecule has 0 fully saturated rings. The van der Waals surface area contributed by atoms with Crippen molar-refractivity contribution in [1.29, 1.82) is 0 Å². The van der Waals surface area contributed by atoms with Gasteiger partial charge in [0.25, 0.3) is 0 Å². The number of hydrogen-bond acceptors (Lipinski definition) is 5. The van der Waals surface area contributed by atoms with Crippen molar-refractivity contribution in [3.8, 4) is 39.6 Å². The van der Waals surface area contributed by atoms with Crippen molar-refractivity contribution in [1.82, 2.24) is 4.57 Å². The van der Waals surface area contributed by atoms with E-state index in [1.54, 1.807) is 7.11 Å². The number of esters is 1. The molecule has 0 unspecified atom stereocenters. The minimum absolute atomic E-state index is 0.0377. The number of methoxy groups -OCH3 is 1. The molecule has 4 aromatic rings. The van der Waals surface area contributed by atoms with Crippen molar-refractivity contribution in [3.63, 3.8) is 0 Å². The molecule has 1 aromatic heterocycles. The minimum atomic E-state index is -0.370. The number of nitrogens with zero attached hydrogens (tertiary/aromatic N) is 1. The zero-order chi connectivity index (χ0) is 24.4. The zero-order valence-electron chi connectivity index (χ0n) is 20.0. The van der Waals surface area contributed by atoms with Gasteiger partial charge in [0.15, 0.2) is 11.5 Å². The van der Waals surface area contributed by atoms with E-state index in [9.17, 15) is 4.79 Å². The number of carbonyl (C=O) groups excluding carboxylic acids is 1. The van der Waals surface area contributed by atoms with E-state index in [0.29, 0.717) is 17.1 Å². The van der Waals surface area contributed by atoms with Crippen molar-refractivity contribution >= 4 is 5.97 Å². The number of ether oxygens (including phenoxy) is 4. The van der Waals surface area contributed by atoms with Gasteiger partial charge in [-0.05, 0) is 66.9 Å². The quantitative estimate of drug-likeness (QED) is 0.295. The van der Waals surface area contributed by atoms with Gasteiger partial charge in [0.2, 0.25) is 6.79 Å². The summed E-state index contributed by atoms with van der Waals surface area (Å²) in [7, 11) is 1.64. The van der Waals surface area contributed by atoms with E-state index in [2.05, 4.69) is 23.6 Å². The Kier molecular flexibility index (Phi) is 6.19. The number of carbonyl (C=O) groups is 1. The molecule has 6 heteroatoms. The van der Waals surface area contributed by atoms with Crippen molar-refractivity contribution < 1.29 is 23.7 Å². The summed E-state index contributed by atoms with van der Waals surface area (Å²) in [6, 6.07) is 23.6. The van der Waals surface area contributed by atoms with Gasteiger partial charge in [-0.1, -0.05) is 36.4 Å². The third-order valence-corrected chi connectivity index (χ3v) is 6.26. The van der Waals surface area contributed by atoms with E-state index in [1.807, 2.05) is 73.8 Å². The molecule has 178 valence electrons. The average molecular weight is 470 g/mol. The maximum atomic E-state index is 13.4. The Balaban J connectivity index is 1.76. The molecule has 5 rings (SSSR count). The summed E-state index contributed by atoms with van der Waals surface area (Å²) in [6.45, 7) is 4.41. The molecule has 0 bridgehead atoms. The Hall–Kier alpha value is -4.19. The van der Waals surface area contributed by atoms with Crippen molar-refractivity contribution in [2.75, 3.05) is 20.5 Å². The lowest BCUT2D eigenvalue weighted by Crippen LogP contribution is -2.11. The smallest absolute Gasteiger partial charge is 0.340 e. The van der Waals surface area contributed by atoms with Gasteiger partial charge in [-0.15, -0.1) is 0 Å². The van der Waals surface area contributed by atoms with Crippen molar-refractivity contribution in [2.45, 2.75) is 19.9 Å². The fraction of sp³-hybridized carbons (Fsp3) is 0.207. The average Bonchev–Trinajstić information content (AvgIpc) is 3.53. The van der Waals surface area contributed by atoms with Crippen LogP contribution in [0, 0.1) is 0 Å². The third kappa shape index (κ3) is 4.23. The molecular formula is C29H27NO5. The number of benzene rings is 3. The number of hydrogen-bond donors (Lipinski definition) is 0. The molecule has 2 heterocycles. The molecule has 1 aliphatic heterocycles. The Morgan fingerprint density at radius 3 is 2.40 bits per heavy atom. The van der Waals surface area contributed by atoms with E-state index in [1.165, 1.54) is 0 Å².